The van der Waals surface area contributed by atoms with Crippen molar-refractivity contribution < 1.29 is 22.7 Å². The highest BCUT2D eigenvalue weighted by molar-refractivity contribution is 5.84. The van der Waals surface area contributed by atoms with Gasteiger partial charge in [0.1, 0.15) is 0 Å². The van der Waals surface area contributed by atoms with Crippen molar-refractivity contribution >= 4 is 5.91 Å². The van der Waals surface area contributed by atoms with E-state index in [1.54, 1.807) is 0 Å². The van der Waals surface area contributed by atoms with Gasteiger partial charge in [0.15, 0.2) is 0 Å². The zero-order chi connectivity index (χ0) is 23.2. The molecule has 4 aliphatic rings. The van der Waals surface area contributed by atoms with Gasteiger partial charge in [-0.25, -0.2) is 0 Å². The molecule has 1 saturated heterocycles. The molecule has 1 amide bonds. The molecule has 5 atom stereocenters. The van der Waals surface area contributed by atoms with E-state index < -0.39 is 11.7 Å². The second kappa shape index (κ2) is 8.84. The molecule has 5 nitrogen and oxygen atoms in total. The Morgan fingerprint density at radius 2 is 2.21 bits per heavy atom. The summed E-state index contributed by atoms with van der Waals surface area (Å²) in [4.78, 5) is 19.8. The van der Waals surface area contributed by atoms with Crippen molar-refractivity contribution in [3.05, 3.63) is 29.1 Å². The number of nitrogens with one attached hydrogen (secondary N) is 1. The quantitative estimate of drug-likeness (QED) is 0.719. The summed E-state index contributed by atoms with van der Waals surface area (Å²) in [6.07, 6.45) is 3.98. The Labute approximate surface area is 193 Å². The molecule has 33 heavy (non-hydrogen) atoms. The molecule has 2 aliphatic carbocycles. The maximum atomic E-state index is 13.9. The average molecular weight is 466 g/mol. The lowest BCUT2D eigenvalue weighted by Crippen LogP contribution is -2.48. The van der Waals surface area contributed by atoms with Gasteiger partial charge >= 0.3 is 6.18 Å². The number of hydrogen-bond donors (Lipinski definition) is 1. The molecule has 1 N–H and O–H groups in total. The van der Waals surface area contributed by atoms with Crippen LogP contribution in [0.4, 0.5) is 13.2 Å². The molecular formula is C25H34F3N3O2. The normalized spacial score (nSPS) is 34.2. The molecule has 0 unspecified atom stereocenters. The van der Waals surface area contributed by atoms with Gasteiger partial charge in [-0.05, 0) is 62.0 Å². The number of ether oxygens (including phenoxy) is 1. The summed E-state index contributed by atoms with van der Waals surface area (Å²) in [6, 6.07) is 1.95. The topological polar surface area (TPSA) is 54.5 Å². The highest BCUT2D eigenvalue weighted by Crippen LogP contribution is 2.55. The maximum absolute atomic E-state index is 13.9. The number of pyridine rings is 1. The van der Waals surface area contributed by atoms with Gasteiger partial charge in [0, 0.05) is 50.1 Å². The van der Waals surface area contributed by atoms with E-state index in [1.807, 2.05) is 4.90 Å². The van der Waals surface area contributed by atoms with E-state index in [2.05, 4.69) is 17.2 Å². The second-order valence-corrected chi connectivity index (χ2v) is 10.5. The van der Waals surface area contributed by atoms with Gasteiger partial charge in [0.05, 0.1) is 17.6 Å². The molecule has 3 heterocycles. The number of rotatable bonds is 4. The van der Waals surface area contributed by atoms with Gasteiger partial charge in [0.2, 0.25) is 5.91 Å². The van der Waals surface area contributed by atoms with E-state index in [0.717, 1.165) is 64.4 Å². The van der Waals surface area contributed by atoms with Gasteiger partial charge < -0.3 is 15.0 Å². The first kappa shape index (κ1) is 23.1. The first-order chi connectivity index (χ1) is 15.8. The number of carbonyl (C=O) groups is 1. The highest BCUT2D eigenvalue weighted by atomic mass is 19.4. The van der Waals surface area contributed by atoms with Crippen molar-refractivity contribution in [2.45, 2.75) is 83.1 Å². The van der Waals surface area contributed by atoms with E-state index in [9.17, 15) is 18.0 Å². The van der Waals surface area contributed by atoms with E-state index in [0.29, 0.717) is 48.1 Å². The Morgan fingerprint density at radius 3 is 3.00 bits per heavy atom. The standard InChI is InChI=1S/C25H34F3N3O2/c1-2-16-15-33-9-6-22(16)30-20-11-18-4-3-7-24(18,12-20)23(32)31-8-5-21-17(14-31)10-19(13-29-21)25(26,27)28/h10,13,16,18,20,22,30H,2-9,11-12,14-15H2,1H3/t16-,18-,20-,22-,24-/m1/s1. The van der Waals surface area contributed by atoms with E-state index in [-0.39, 0.29) is 17.9 Å². The lowest BCUT2D eigenvalue weighted by atomic mass is 9.78. The fourth-order valence-corrected chi connectivity index (χ4v) is 6.91. The molecule has 0 spiro atoms. The Hall–Kier alpha value is -1.67. The first-order valence-electron chi connectivity index (χ1n) is 12.5. The molecule has 0 bridgehead atoms. The van der Waals surface area contributed by atoms with Crippen LogP contribution in [-0.4, -0.2) is 47.6 Å². The van der Waals surface area contributed by atoms with Crippen LogP contribution in [0.15, 0.2) is 12.3 Å². The molecule has 8 heteroatoms. The SMILES string of the molecule is CC[C@@H]1COCC[C@H]1N[C@@H]1C[C@H]2CCC[C@@]2(C(=O)N2CCc3ncc(C(F)(F)F)cc3C2)C1. The predicted octanol–water partition coefficient (Wildman–Crippen LogP) is 4.34. The monoisotopic (exact) mass is 465 g/mol. The van der Waals surface area contributed by atoms with Gasteiger partial charge in [0.25, 0.3) is 0 Å². The van der Waals surface area contributed by atoms with E-state index in [1.165, 1.54) is 6.07 Å². The summed E-state index contributed by atoms with van der Waals surface area (Å²) >= 11 is 0. The number of amides is 1. The lowest BCUT2D eigenvalue weighted by Gasteiger charge is -2.38. The van der Waals surface area contributed by atoms with Crippen LogP contribution < -0.4 is 5.32 Å². The van der Waals surface area contributed by atoms with Crippen LogP contribution >= 0.6 is 0 Å². The summed E-state index contributed by atoms with van der Waals surface area (Å²) in [5.74, 6) is 1.03. The van der Waals surface area contributed by atoms with Crippen LogP contribution in [0.25, 0.3) is 0 Å². The zero-order valence-electron chi connectivity index (χ0n) is 19.3. The van der Waals surface area contributed by atoms with Crippen LogP contribution in [0.5, 0.6) is 0 Å². The van der Waals surface area contributed by atoms with Crippen LogP contribution in [0.2, 0.25) is 0 Å². The smallest absolute Gasteiger partial charge is 0.381 e. The first-order valence-corrected chi connectivity index (χ1v) is 12.5. The predicted molar refractivity (Wildman–Crippen MR) is 117 cm³/mol. The summed E-state index contributed by atoms with van der Waals surface area (Å²) in [5.41, 5.74) is 0.121. The van der Waals surface area contributed by atoms with E-state index >= 15 is 0 Å². The van der Waals surface area contributed by atoms with Gasteiger partial charge in [-0.1, -0.05) is 13.3 Å². The third-order valence-electron chi connectivity index (χ3n) is 8.67. The number of hydrogen-bond acceptors (Lipinski definition) is 4. The molecule has 2 saturated carbocycles. The Bertz CT molecular complexity index is 892. The van der Waals surface area contributed by atoms with Gasteiger partial charge in [-0.3, -0.25) is 9.78 Å². The summed E-state index contributed by atoms with van der Waals surface area (Å²) in [6.45, 7) is 4.56. The van der Waals surface area contributed by atoms with Crippen molar-refractivity contribution in [2.75, 3.05) is 19.8 Å². The minimum atomic E-state index is -4.42. The second-order valence-electron chi connectivity index (χ2n) is 10.5. The van der Waals surface area contributed by atoms with Crippen LogP contribution in [0.3, 0.4) is 0 Å². The van der Waals surface area contributed by atoms with Crippen molar-refractivity contribution in [1.29, 1.82) is 0 Å². The molecular weight excluding hydrogens is 431 g/mol. The molecule has 3 fully saturated rings. The molecule has 2 aliphatic heterocycles. The van der Waals surface area contributed by atoms with Crippen LogP contribution in [0, 0.1) is 17.3 Å². The molecule has 0 aromatic carbocycles. The fourth-order valence-electron chi connectivity index (χ4n) is 6.91. The zero-order valence-corrected chi connectivity index (χ0v) is 19.3. The third-order valence-corrected chi connectivity index (χ3v) is 8.67. The third kappa shape index (κ3) is 4.29. The molecule has 5 rings (SSSR count). The Balaban J connectivity index is 1.31. The van der Waals surface area contributed by atoms with Crippen molar-refractivity contribution in [3.8, 4) is 0 Å². The number of halogens is 3. The highest BCUT2D eigenvalue weighted by Gasteiger charge is 2.56. The molecule has 182 valence electrons. The minimum Gasteiger partial charge on any atom is -0.381 e. The molecule has 1 aromatic rings. The summed E-state index contributed by atoms with van der Waals surface area (Å²) in [7, 11) is 0. The molecule has 0 radical (unpaired) electrons. The Kier molecular flexibility index (Phi) is 6.18. The minimum absolute atomic E-state index is 0.149. The number of nitrogens with zero attached hydrogens (tertiary/aromatic N) is 2. The largest absolute Gasteiger partial charge is 0.417 e. The number of aromatic nitrogens is 1. The average Bonchev–Trinajstić information content (AvgIpc) is 3.35. The van der Waals surface area contributed by atoms with Crippen molar-refractivity contribution in [3.63, 3.8) is 0 Å². The number of fused-ring (bicyclic) bond motifs is 2. The van der Waals surface area contributed by atoms with Crippen LogP contribution in [0.1, 0.15) is 68.7 Å². The maximum Gasteiger partial charge on any atom is 0.417 e. The number of alkyl halides is 3. The fraction of sp³-hybridized carbons (Fsp3) is 0.760. The van der Waals surface area contributed by atoms with E-state index in [4.69, 9.17) is 4.74 Å². The lowest BCUT2D eigenvalue weighted by molar-refractivity contribution is -0.144. The van der Waals surface area contributed by atoms with Crippen molar-refractivity contribution in [1.82, 2.24) is 15.2 Å². The van der Waals surface area contributed by atoms with Gasteiger partial charge in [-0.2, -0.15) is 13.2 Å². The summed E-state index contributed by atoms with van der Waals surface area (Å²) < 4.78 is 45.2. The van der Waals surface area contributed by atoms with Gasteiger partial charge in [-0.15, -0.1) is 0 Å². The molecule has 1 aromatic heterocycles. The Morgan fingerprint density at radius 1 is 1.36 bits per heavy atom. The summed E-state index contributed by atoms with van der Waals surface area (Å²) in [5, 5.41) is 3.88. The van der Waals surface area contributed by atoms with Crippen molar-refractivity contribution in [2.24, 2.45) is 17.3 Å². The number of carbonyl (C=O) groups excluding carboxylic acids is 1. The van der Waals surface area contributed by atoms with Crippen LogP contribution in [-0.2, 0) is 28.7 Å².